The summed E-state index contributed by atoms with van der Waals surface area (Å²) in [6.07, 6.45) is 9.19. The molecule has 0 aromatic rings. The van der Waals surface area contributed by atoms with Gasteiger partial charge in [0.15, 0.2) is 0 Å². The molecule has 3 nitrogen and oxygen atoms in total. The number of ether oxygens (including phenoxy) is 1. The zero-order valence-electron chi connectivity index (χ0n) is 15.6. The molecule has 0 aromatic heterocycles. The van der Waals surface area contributed by atoms with Crippen molar-refractivity contribution in [2.45, 2.75) is 97.7 Å². The fourth-order valence-electron chi connectivity index (χ4n) is 3.41. The van der Waals surface area contributed by atoms with Gasteiger partial charge in [-0.2, -0.15) is 0 Å². The van der Waals surface area contributed by atoms with Gasteiger partial charge in [0.2, 0.25) is 0 Å². The Kier molecular flexibility index (Phi) is 9.20. The van der Waals surface area contributed by atoms with Gasteiger partial charge in [0.05, 0.1) is 0 Å². The second-order valence-corrected chi connectivity index (χ2v) is 20.4. The van der Waals surface area contributed by atoms with Gasteiger partial charge in [0.25, 0.3) is 0 Å². The molecule has 1 N–H and O–H groups in total. The Morgan fingerprint density at radius 2 is 1.61 bits per heavy atom. The summed E-state index contributed by atoms with van der Waals surface area (Å²) < 4.78 is 12.1. The molecule has 1 aliphatic rings. The third-order valence-electron chi connectivity index (χ3n) is 5.21. The van der Waals surface area contributed by atoms with Crippen LogP contribution in [-0.4, -0.2) is 41.2 Å². The van der Waals surface area contributed by atoms with Crippen molar-refractivity contribution in [3.05, 3.63) is 10.2 Å². The fourth-order valence-corrected chi connectivity index (χ4v) is 18.0. The molecular weight excluding hydrogens is 395 g/mol. The maximum atomic E-state index is 11.5. The number of carbonyl (C=O) groups excluding carboxylic acids is 1. The number of hydrogen-bond acceptors (Lipinski definition) is 3. The van der Waals surface area contributed by atoms with E-state index >= 15 is 0 Å². The summed E-state index contributed by atoms with van der Waals surface area (Å²) in [7, 11) is 0. The molecule has 0 unspecified atom stereocenters. The Morgan fingerprint density at radius 1 is 1.13 bits per heavy atom. The summed E-state index contributed by atoms with van der Waals surface area (Å²) in [5, 5.41) is 10.2. The van der Waals surface area contributed by atoms with E-state index in [-0.39, 0.29) is 12.4 Å². The molecule has 1 fully saturated rings. The van der Waals surface area contributed by atoms with Crippen molar-refractivity contribution in [2.24, 2.45) is 0 Å². The van der Waals surface area contributed by atoms with E-state index in [4.69, 9.17) is 4.74 Å². The molecule has 1 heterocycles. The number of unbranched alkanes of at least 4 members (excludes halogenated alkanes) is 3. The molecule has 1 saturated heterocycles. The quantitative estimate of drug-likeness (QED) is 0.370. The van der Waals surface area contributed by atoms with Crippen LogP contribution in [0.1, 0.15) is 72.6 Å². The molecular formula is C19H36O3Sn. The Bertz CT molecular complexity index is 372. The third kappa shape index (κ3) is 6.41. The Balaban J connectivity index is 2.95. The van der Waals surface area contributed by atoms with Crippen molar-refractivity contribution in [1.82, 2.24) is 0 Å². The van der Waals surface area contributed by atoms with Crippen LogP contribution in [0.2, 0.25) is 13.3 Å². The number of carbonyl (C=O) groups is 1. The van der Waals surface area contributed by atoms with Crippen LogP contribution < -0.4 is 0 Å². The maximum absolute atomic E-state index is 11.5. The van der Waals surface area contributed by atoms with Crippen molar-refractivity contribution in [3.8, 4) is 0 Å². The number of aliphatic hydroxyl groups is 1. The van der Waals surface area contributed by atoms with E-state index in [1.807, 2.05) is 6.92 Å². The third-order valence-corrected chi connectivity index (χ3v) is 19.3. The molecule has 134 valence electrons. The second kappa shape index (κ2) is 10.1. The van der Waals surface area contributed by atoms with Crippen molar-refractivity contribution >= 4 is 24.3 Å². The van der Waals surface area contributed by atoms with Crippen molar-refractivity contribution in [3.63, 3.8) is 0 Å². The van der Waals surface area contributed by atoms with Gasteiger partial charge in [-0.25, -0.2) is 0 Å². The first-order chi connectivity index (χ1) is 10.9. The van der Waals surface area contributed by atoms with Gasteiger partial charge in [0.1, 0.15) is 0 Å². The molecule has 1 aliphatic heterocycles. The predicted octanol–water partition coefficient (Wildman–Crippen LogP) is 5.00. The minimum atomic E-state index is -2.37. The first-order valence-electron chi connectivity index (χ1n) is 9.51. The van der Waals surface area contributed by atoms with E-state index in [1.54, 1.807) is 0 Å². The number of aliphatic hydroxyl groups excluding tert-OH is 1. The standard InChI is InChI=1S/C7H9O3.3C4H9.Sn/c1-3-7(2)5(8)4-6(9)10-7;3*1-3-4-2;/h1,3,5,8H,4H2,2H3;3*1,3-4H2,2H3;/t5-,7-;;;;/m1..../s1. The molecule has 0 bridgehead atoms. The first-order valence-corrected chi connectivity index (χ1v) is 17.2. The van der Waals surface area contributed by atoms with Crippen LogP contribution in [0.4, 0.5) is 0 Å². The van der Waals surface area contributed by atoms with Crippen LogP contribution in [0.15, 0.2) is 10.2 Å². The molecule has 0 aromatic carbocycles. The normalized spacial score (nSPS) is 25.3. The average molecular weight is 431 g/mol. The van der Waals surface area contributed by atoms with Gasteiger partial charge in [-0.3, -0.25) is 0 Å². The van der Waals surface area contributed by atoms with E-state index in [1.165, 1.54) is 51.8 Å². The summed E-state index contributed by atoms with van der Waals surface area (Å²) in [5.41, 5.74) is -0.802. The topological polar surface area (TPSA) is 46.5 Å². The summed E-state index contributed by atoms with van der Waals surface area (Å²) in [6.45, 7) is 8.66. The fraction of sp³-hybridized carbons (Fsp3) is 0.842. The average Bonchev–Trinajstić information content (AvgIpc) is 2.79. The van der Waals surface area contributed by atoms with Crippen LogP contribution in [0.25, 0.3) is 0 Å². The van der Waals surface area contributed by atoms with Gasteiger partial charge in [-0.05, 0) is 0 Å². The Morgan fingerprint density at radius 3 is 1.96 bits per heavy atom. The SMILES string of the molecule is CCC[CH2][Sn](/[CH]=C/[C@@]1(C)OC(=O)C[C@H]1O)([CH2]CCC)[CH2]CCC. The zero-order chi connectivity index (χ0) is 17.3. The monoisotopic (exact) mass is 432 g/mol. The van der Waals surface area contributed by atoms with Crippen LogP contribution in [0.5, 0.6) is 0 Å². The van der Waals surface area contributed by atoms with Gasteiger partial charge in [0, 0.05) is 0 Å². The van der Waals surface area contributed by atoms with E-state index < -0.39 is 30.1 Å². The molecule has 0 saturated carbocycles. The molecule has 0 aliphatic carbocycles. The van der Waals surface area contributed by atoms with Gasteiger partial charge < -0.3 is 0 Å². The zero-order valence-corrected chi connectivity index (χ0v) is 18.4. The minimum absolute atomic E-state index is 0.127. The summed E-state index contributed by atoms with van der Waals surface area (Å²) >= 11 is -2.37. The van der Waals surface area contributed by atoms with E-state index in [2.05, 4.69) is 30.9 Å². The molecule has 2 atom stereocenters. The van der Waals surface area contributed by atoms with E-state index in [0.29, 0.717) is 0 Å². The van der Waals surface area contributed by atoms with Gasteiger partial charge in [-0.15, -0.1) is 0 Å². The van der Waals surface area contributed by atoms with Crippen molar-refractivity contribution in [1.29, 1.82) is 0 Å². The number of rotatable bonds is 11. The van der Waals surface area contributed by atoms with Crippen LogP contribution in [0.3, 0.4) is 0 Å². The number of cyclic esters (lactones) is 1. The Hall–Kier alpha value is -0.0313. The van der Waals surface area contributed by atoms with E-state index in [9.17, 15) is 9.90 Å². The molecule has 0 spiro atoms. The van der Waals surface area contributed by atoms with Crippen molar-refractivity contribution in [2.75, 3.05) is 0 Å². The van der Waals surface area contributed by atoms with Crippen molar-refractivity contribution < 1.29 is 14.6 Å². The molecule has 23 heavy (non-hydrogen) atoms. The van der Waals surface area contributed by atoms with Gasteiger partial charge in [-0.1, -0.05) is 0 Å². The van der Waals surface area contributed by atoms with Gasteiger partial charge >= 0.3 is 147 Å². The molecule has 1 rings (SSSR count). The van der Waals surface area contributed by atoms with Crippen LogP contribution in [-0.2, 0) is 9.53 Å². The second-order valence-electron chi connectivity index (χ2n) is 7.38. The number of esters is 1. The molecule has 0 amide bonds. The van der Waals surface area contributed by atoms with E-state index in [0.717, 1.165) is 0 Å². The van der Waals surface area contributed by atoms with Crippen LogP contribution >= 0.6 is 0 Å². The molecule has 4 heteroatoms. The van der Waals surface area contributed by atoms with Crippen LogP contribution in [0, 0.1) is 0 Å². The first kappa shape index (κ1) is 21.0. The Labute approximate surface area is 146 Å². The summed E-state index contributed by atoms with van der Waals surface area (Å²) in [6, 6.07) is 0. The summed E-state index contributed by atoms with van der Waals surface area (Å²) in [5.74, 6) is -0.277. The number of hydrogen-bond donors (Lipinski definition) is 1. The molecule has 0 radical (unpaired) electrons. The summed E-state index contributed by atoms with van der Waals surface area (Å²) in [4.78, 5) is 11.5. The predicted molar refractivity (Wildman–Crippen MR) is 99.2 cm³/mol.